The summed E-state index contributed by atoms with van der Waals surface area (Å²) in [7, 11) is 0. The lowest BCUT2D eigenvalue weighted by Crippen LogP contribution is -1.79. The van der Waals surface area contributed by atoms with Crippen LogP contribution in [0, 0.1) is 0 Å². The SMILES string of the molecule is c1ccc(-c2nc3sccn3c2/N=N/c2ncn[nH]2)cc1. The molecule has 1 aromatic carbocycles. The second-order valence-electron chi connectivity index (χ2n) is 4.21. The van der Waals surface area contributed by atoms with Crippen LogP contribution in [0.25, 0.3) is 16.2 Å². The van der Waals surface area contributed by atoms with Crippen molar-refractivity contribution >= 4 is 28.1 Å². The molecule has 0 atom stereocenters. The molecule has 0 amide bonds. The lowest BCUT2D eigenvalue weighted by atomic mass is 10.1. The summed E-state index contributed by atoms with van der Waals surface area (Å²) < 4.78 is 1.91. The van der Waals surface area contributed by atoms with Crippen LogP contribution >= 0.6 is 11.3 Å². The van der Waals surface area contributed by atoms with Gasteiger partial charge in [-0.1, -0.05) is 30.3 Å². The van der Waals surface area contributed by atoms with Crippen LogP contribution < -0.4 is 0 Å². The largest absolute Gasteiger partial charge is 0.273 e. The van der Waals surface area contributed by atoms with Crippen molar-refractivity contribution in [3.8, 4) is 11.3 Å². The normalized spacial score (nSPS) is 11.6. The monoisotopic (exact) mass is 295 g/mol. The summed E-state index contributed by atoms with van der Waals surface area (Å²) in [4.78, 5) is 9.43. The smallest absolute Gasteiger partial charge is 0.264 e. The maximum absolute atomic E-state index is 4.62. The van der Waals surface area contributed by atoms with Crippen molar-refractivity contribution in [3.63, 3.8) is 0 Å². The fourth-order valence-corrected chi connectivity index (χ4v) is 2.71. The highest BCUT2D eigenvalue weighted by atomic mass is 32.1. The van der Waals surface area contributed by atoms with Crippen molar-refractivity contribution in [2.75, 3.05) is 0 Å². The van der Waals surface area contributed by atoms with Gasteiger partial charge in [-0.15, -0.1) is 21.6 Å². The molecule has 102 valence electrons. The molecule has 0 aliphatic heterocycles. The Labute approximate surface area is 123 Å². The van der Waals surface area contributed by atoms with E-state index in [1.54, 1.807) is 11.3 Å². The van der Waals surface area contributed by atoms with Crippen molar-refractivity contribution in [3.05, 3.63) is 48.2 Å². The zero-order chi connectivity index (χ0) is 14.1. The molecule has 21 heavy (non-hydrogen) atoms. The summed E-state index contributed by atoms with van der Waals surface area (Å²) in [6.07, 6.45) is 3.32. The highest BCUT2D eigenvalue weighted by molar-refractivity contribution is 7.15. The van der Waals surface area contributed by atoms with Gasteiger partial charge < -0.3 is 0 Å². The molecule has 0 fully saturated rings. The van der Waals surface area contributed by atoms with Crippen molar-refractivity contribution in [2.24, 2.45) is 10.2 Å². The van der Waals surface area contributed by atoms with Gasteiger partial charge in [0, 0.05) is 17.1 Å². The zero-order valence-electron chi connectivity index (χ0n) is 10.7. The average Bonchev–Trinajstić information content (AvgIpc) is 3.23. The fraction of sp³-hybridized carbons (Fsp3) is 0. The fourth-order valence-electron chi connectivity index (χ4n) is 2.00. The van der Waals surface area contributed by atoms with Crippen LogP contribution in [0.1, 0.15) is 0 Å². The van der Waals surface area contributed by atoms with Crippen LogP contribution in [-0.2, 0) is 0 Å². The Morgan fingerprint density at radius 1 is 1.14 bits per heavy atom. The Morgan fingerprint density at radius 2 is 2.05 bits per heavy atom. The van der Waals surface area contributed by atoms with E-state index in [1.807, 2.05) is 46.3 Å². The van der Waals surface area contributed by atoms with Gasteiger partial charge in [0.15, 0.2) is 10.8 Å². The number of imidazole rings is 1. The second kappa shape index (κ2) is 4.91. The van der Waals surface area contributed by atoms with Gasteiger partial charge in [0.05, 0.1) is 0 Å². The van der Waals surface area contributed by atoms with E-state index >= 15 is 0 Å². The first-order chi connectivity index (χ1) is 10.4. The molecule has 0 spiro atoms. The lowest BCUT2D eigenvalue weighted by Gasteiger charge is -1.97. The third-order valence-electron chi connectivity index (χ3n) is 2.93. The van der Waals surface area contributed by atoms with Crippen LogP contribution in [0.5, 0.6) is 0 Å². The Balaban J connectivity index is 1.87. The first-order valence-corrected chi connectivity index (χ1v) is 7.08. The summed E-state index contributed by atoms with van der Waals surface area (Å²) in [5.41, 5.74) is 1.80. The molecular formula is C13H9N7S. The van der Waals surface area contributed by atoms with Crippen molar-refractivity contribution in [1.29, 1.82) is 0 Å². The van der Waals surface area contributed by atoms with E-state index in [-0.39, 0.29) is 0 Å². The van der Waals surface area contributed by atoms with E-state index in [0.717, 1.165) is 16.2 Å². The number of hydrogen-bond acceptors (Lipinski definition) is 6. The highest BCUT2D eigenvalue weighted by Gasteiger charge is 2.14. The number of aromatic nitrogens is 5. The molecule has 8 heteroatoms. The minimum absolute atomic E-state index is 0.360. The minimum atomic E-state index is 0.360. The molecule has 0 aliphatic carbocycles. The first kappa shape index (κ1) is 11.9. The molecule has 0 radical (unpaired) electrons. The Kier molecular flexibility index (Phi) is 2.79. The van der Waals surface area contributed by atoms with Crippen LogP contribution in [0.15, 0.2) is 58.5 Å². The van der Waals surface area contributed by atoms with Gasteiger partial charge in [-0.25, -0.2) is 10.1 Å². The minimum Gasteiger partial charge on any atom is -0.273 e. The average molecular weight is 295 g/mol. The van der Waals surface area contributed by atoms with Gasteiger partial charge in [0.2, 0.25) is 0 Å². The highest BCUT2D eigenvalue weighted by Crippen LogP contribution is 2.33. The predicted octanol–water partition coefficient (Wildman–Crippen LogP) is 3.60. The summed E-state index contributed by atoms with van der Waals surface area (Å²) in [5.74, 6) is 1.04. The van der Waals surface area contributed by atoms with E-state index in [4.69, 9.17) is 0 Å². The van der Waals surface area contributed by atoms with Gasteiger partial charge >= 0.3 is 0 Å². The molecule has 1 N–H and O–H groups in total. The van der Waals surface area contributed by atoms with E-state index in [2.05, 4.69) is 30.4 Å². The Bertz CT molecular complexity index is 889. The van der Waals surface area contributed by atoms with Crippen molar-refractivity contribution in [1.82, 2.24) is 24.6 Å². The maximum atomic E-state index is 4.62. The molecule has 0 saturated carbocycles. The van der Waals surface area contributed by atoms with E-state index in [1.165, 1.54) is 6.33 Å². The number of nitrogens with one attached hydrogen (secondary N) is 1. The molecule has 0 saturated heterocycles. The molecule has 0 aliphatic rings. The third kappa shape index (κ3) is 2.11. The zero-order valence-corrected chi connectivity index (χ0v) is 11.5. The number of rotatable bonds is 3. The summed E-state index contributed by atoms with van der Waals surface area (Å²) >= 11 is 1.55. The number of aromatic amines is 1. The van der Waals surface area contributed by atoms with Gasteiger partial charge in [-0.3, -0.25) is 4.40 Å². The van der Waals surface area contributed by atoms with Gasteiger partial charge in [0.25, 0.3) is 5.95 Å². The van der Waals surface area contributed by atoms with Crippen LogP contribution in [0.3, 0.4) is 0 Å². The van der Waals surface area contributed by atoms with E-state index in [0.29, 0.717) is 11.8 Å². The standard InChI is InChI=1S/C13H9N7S/c1-2-4-9(5-3-1)10-11(17-19-12-14-8-15-18-12)20-6-7-21-13(20)16-10/h1-8H,(H,14,15,18)/b19-17+. The number of H-pyrrole nitrogens is 1. The predicted molar refractivity (Wildman–Crippen MR) is 79.1 cm³/mol. The first-order valence-electron chi connectivity index (χ1n) is 6.20. The van der Waals surface area contributed by atoms with Gasteiger partial charge in [-0.2, -0.15) is 10.1 Å². The quantitative estimate of drug-likeness (QED) is 0.586. The molecule has 4 aromatic rings. The van der Waals surface area contributed by atoms with Crippen LogP contribution in [-0.4, -0.2) is 24.6 Å². The molecule has 0 bridgehead atoms. The van der Waals surface area contributed by atoms with Gasteiger partial charge in [0.1, 0.15) is 12.0 Å². The molecule has 4 rings (SSSR count). The van der Waals surface area contributed by atoms with E-state index in [9.17, 15) is 0 Å². The molecule has 7 nitrogen and oxygen atoms in total. The summed E-state index contributed by atoms with van der Waals surface area (Å²) in [5, 5.41) is 16.7. The Hall–Kier alpha value is -2.87. The number of nitrogens with zero attached hydrogens (tertiary/aromatic N) is 6. The van der Waals surface area contributed by atoms with Crippen molar-refractivity contribution < 1.29 is 0 Å². The molecule has 3 heterocycles. The molecular weight excluding hydrogens is 286 g/mol. The second-order valence-corrected chi connectivity index (χ2v) is 5.09. The molecule has 3 aromatic heterocycles. The topological polar surface area (TPSA) is 83.6 Å². The lowest BCUT2D eigenvalue weighted by molar-refractivity contribution is 1.03. The number of benzene rings is 1. The van der Waals surface area contributed by atoms with E-state index < -0.39 is 0 Å². The number of hydrogen-bond donors (Lipinski definition) is 1. The van der Waals surface area contributed by atoms with Crippen LogP contribution in [0.4, 0.5) is 11.8 Å². The van der Waals surface area contributed by atoms with Crippen LogP contribution in [0.2, 0.25) is 0 Å². The number of azo groups is 1. The number of thiazole rings is 1. The van der Waals surface area contributed by atoms with Crippen molar-refractivity contribution in [2.45, 2.75) is 0 Å². The summed E-state index contributed by atoms with van der Waals surface area (Å²) in [6.45, 7) is 0. The number of fused-ring (bicyclic) bond motifs is 1. The van der Waals surface area contributed by atoms with Gasteiger partial charge in [-0.05, 0) is 0 Å². The maximum Gasteiger partial charge on any atom is 0.264 e. The molecule has 0 unspecified atom stereocenters. The third-order valence-corrected chi connectivity index (χ3v) is 3.68. The Morgan fingerprint density at radius 3 is 2.86 bits per heavy atom. The summed E-state index contributed by atoms with van der Waals surface area (Å²) in [6, 6.07) is 9.91.